The Morgan fingerprint density at radius 2 is 1.02 bits per heavy atom. The average molecular weight is 734 g/mol. The molecule has 1 atom stereocenters. The summed E-state index contributed by atoms with van der Waals surface area (Å²) in [5, 5.41) is 32.5. The minimum atomic E-state index is -1.29. The molecule has 0 aromatic heterocycles. The number of rotatable bonds is 21. The van der Waals surface area contributed by atoms with E-state index in [1.54, 1.807) is 23.1 Å². The number of carbonyl (C=O) groups is 5. The normalized spacial score (nSPS) is 11.3. The summed E-state index contributed by atoms with van der Waals surface area (Å²) in [6.45, 7) is 15.1. The van der Waals surface area contributed by atoms with E-state index in [-0.39, 0.29) is 52.2 Å². The highest BCUT2D eigenvalue weighted by Gasteiger charge is 2.26. The molecule has 1 unspecified atom stereocenters. The van der Waals surface area contributed by atoms with E-state index in [4.69, 9.17) is 5.73 Å². The van der Waals surface area contributed by atoms with Crippen LogP contribution in [0.5, 0.6) is 0 Å². The molecule has 0 bridgehead atoms. The summed E-state index contributed by atoms with van der Waals surface area (Å²) in [6, 6.07) is 11.1. The second kappa shape index (κ2) is 19.1. The number of benzene rings is 3. The van der Waals surface area contributed by atoms with Gasteiger partial charge in [-0.3, -0.25) is 20.4 Å². The van der Waals surface area contributed by atoms with Crippen LogP contribution in [0.2, 0.25) is 0 Å². The van der Waals surface area contributed by atoms with E-state index in [0.717, 1.165) is 0 Å². The molecule has 0 aliphatic carbocycles. The van der Waals surface area contributed by atoms with Crippen molar-refractivity contribution in [1.29, 1.82) is 0 Å². The topological polar surface area (TPSA) is 218 Å². The van der Waals surface area contributed by atoms with Crippen LogP contribution in [0.4, 0.5) is 34.1 Å². The Morgan fingerprint density at radius 3 is 1.49 bits per heavy atom. The minimum Gasteiger partial charge on any atom is -0.478 e. The number of Topliss-reactive ketones (excluding diaryl/α,β-unsaturated/α-hetero) is 1. The SMILES string of the molecule is CCN(CC)c1ccc(NNc2cc(C(=O)C(N)CCC(=O)Nc3ccc(N(CC)CC)cc3C(=O)O)c(N(CC)CC)cc2C(=O)O)c(C(=O)O)c1. The Hall–Kier alpha value is -5.83. The fourth-order valence-corrected chi connectivity index (χ4v) is 6.06. The minimum absolute atomic E-state index is 0.0137. The van der Waals surface area contributed by atoms with E-state index in [1.807, 2.05) is 51.3 Å². The molecule has 15 heteroatoms. The van der Waals surface area contributed by atoms with Crippen LogP contribution in [0, 0.1) is 0 Å². The van der Waals surface area contributed by atoms with Gasteiger partial charge in [-0.25, -0.2) is 14.4 Å². The van der Waals surface area contributed by atoms with Crippen molar-refractivity contribution in [3.05, 3.63) is 70.8 Å². The van der Waals surface area contributed by atoms with E-state index in [2.05, 4.69) is 16.2 Å². The Morgan fingerprint density at radius 1 is 0.585 bits per heavy atom. The molecule has 0 heterocycles. The molecule has 8 N–H and O–H groups in total. The van der Waals surface area contributed by atoms with Crippen LogP contribution < -0.4 is 36.6 Å². The van der Waals surface area contributed by atoms with Crippen LogP contribution in [0.1, 0.15) is 95.8 Å². The molecular formula is C38H51N7O8. The monoisotopic (exact) mass is 733 g/mol. The molecule has 3 aromatic carbocycles. The highest BCUT2D eigenvalue weighted by atomic mass is 16.4. The van der Waals surface area contributed by atoms with Crippen molar-refractivity contribution in [3.63, 3.8) is 0 Å². The van der Waals surface area contributed by atoms with Gasteiger partial charge < -0.3 is 41.1 Å². The standard InChI is InChI=1S/C38H51N7O8/c1-7-43(8-2)23-13-16-30(25(19-23)36(48)49)40-34(46)18-15-29(39)35(47)28-21-32(27(38(52)53)22-33(28)45(11-5)12-6)42-41-31-17-14-24(44(9-3)10-4)20-26(31)37(50)51/h13-14,16-17,19-22,29,41-42H,7-12,15,18,39H2,1-6H3,(H,40,46)(H,48,49)(H,50,51)(H,52,53). The number of amides is 1. The molecule has 0 spiro atoms. The van der Waals surface area contributed by atoms with Crippen molar-refractivity contribution in [2.24, 2.45) is 5.73 Å². The highest BCUT2D eigenvalue weighted by Crippen LogP contribution is 2.32. The van der Waals surface area contributed by atoms with Gasteiger partial charge in [0.2, 0.25) is 5.91 Å². The zero-order valence-corrected chi connectivity index (χ0v) is 31.2. The zero-order chi connectivity index (χ0) is 39.4. The molecule has 0 aliphatic rings. The number of nitrogens with zero attached hydrogens (tertiary/aromatic N) is 3. The first-order chi connectivity index (χ1) is 25.2. The molecule has 53 heavy (non-hydrogen) atoms. The number of hydrazine groups is 1. The third-order valence-corrected chi connectivity index (χ3v) is 9.09. The van der Waals surface area contributed by atoms with Crippen molar-refractivity contribution in [1.82, 2.24) is 0 Å². The van der Waals surface area contributed by atoms with Gasteiger partial charge in [0.25, 0.3) is 0 Å². The van der Waals surface area contributed by atoms with Crippen molar-refractivity contribution in [2.75, 3.05) is 70.1 Å². The van der Waals surface area contributed by atoms with Gasteiger partial charge in [0, 0.05) is 68.3 Å². The Balaban J connectivity index is 1.91. The third kappa shape index (κ3) is 10.2. The summed E-state index contributed by atoms with van der Waals surface area (Å²) in [5.41, 5.74) is 13.8. The summed E-state index contributed by atoms with van der Waals surface area (Å²) in [7, 11) is 0. The van der Waals surface area contributed by atoms with Gasteiger partial charge in [0.05, 0.1) is 39.8 Å². The lowest BCUT2D eigenvalue weighted by Crippen LogP contribution is -2.34. The molecule has 0 saturated carbocycles. The molecule has 3 aromatic rings. The smallest absolute Gasteiger partial charge is 0.337 e. The average Bonchev–Trinajstić information content (AvgIpc) is 3.14. The number of aromatic carboxylic acids is 3. The lowest BCUT2D eigenvalue weighted by molar-refractivity contribution is -0.116. The summed E-state index contributed by atoms with van der Waals surface area (Å²) in [5.74, 6) is -4.78. The number of ketones is 1. The molecular weight excluding hydrogens is 682 g/mol. The number of anilines is 6. The fraction of sp³-hybridized carbons (Fsp3) is 0.395. The lowest BCUT2D eigenvalue weighted by Gasteiger charge is -2.27. The quantitative estimate of drug-likeness (QED) is 0.0517. The van der Waals surface area contributed by atoms with Crippen molar-refractivity contribution >= 4 is 63.7 Å². The number of nitrogens with two attached hydrogens (primary N) is 1. The van der Waals surface area contributed by atoms with E-state index in [9.17, 15) is 39.3 Å². The fourth-order valence-electron chi connectivity index (χ4n) is 6.06. The maximum atomic E-state index is 13.9. The molecule has 3 rings (SSSR count). The largest absolute Gasteiger partial charge is 0.478 e. The summed E-state index contributed by atoms with van der Waals surface area (Å²) in [6.07, 6.45) is -0.295. The van der Waals surface area contributed by atoms with Gasteiger partial charge in [-0.15, -0.1) is 0 Å². The molecule has 1 amide bonds. The van der Waals surface area contributed by atoms with Crippen molar-refractivity contribution in [2.45, 2.75) is 60.4 Å². The van der Waals surface area contributed by atoms with E-state index in [0.29, 0.717) is 56.3 Å². The molecule has 0 radical (unpaired) electrons. The van der Waals surface area contributed by atoms with Crippen LogP contribution in [0.15, 0.2) is 48.5 Å². The van der Waals surface area contributed by atoms with Gasteiger partial charge in [0.15, 0.2) is 5.78 Å². The van der Waals surface area contributed by atoms with E-state index >= 15 is 0 Å². The summed E-state index contributed by atoms with van der Waals surface area (Å²) >= 11 is 0. The molecule has 286 valence electrons. The van der Waals surface area contributed by atoms with Crippen LogP contribution in [0.3, 0.4) is 0 Å². The number of carbonyl (C=O) groups excluding carboxylic acids is 2. The Labute approximate surface area is 309 Å². The van der Waals surface area contributed by atoms with E-state index < -0.39 is 35.6 Å². The summed E-state index contributed by atoms with van der Waals surface area (Å²) in [4.78, 5) is 69.4. The molecule has 15 nitrogen and oxygen atoms in total. The molecule has 0 fully saturated rings. The van der Waals surface area contributed by atoms with Gasteiger partial charge in [-0.05, 0) is 96.5 Å². The van der Waals surface area contributed by atoms with Crippen LogP contribution in [-0.4, -0.2) is 90.2 Å². The number of hydrogen-bond acceptors (Lipinski definition) is 11. The molecule has 0 saturated heterocycles. The van der Waals surface area contributed by atoms with Crippen LogP contribution in [0.25, 0.3) is 0 Å². The zero-order valence-electron chi connectivity index (χ0n) is 31.2. The second-order valence-electron chi connectivity index (χ2n) is 12.1. The predicted octanol–water partition coefficient (Wildman–Crippen LogP) is 5.69. The third-order valence-electron chi connectivity index (χ3n) is 9.09. The van der Waals surface area contributed by atoms with Gasteiger partial charge >= 0.3 is 17.9 Å². The first-order valence-corrected chi connectivity index (χ1v) is 17.8. The van der Waals surface area contributed by atoms with Crippen molar-refractivity contribution < 1.29 is 39.3 Å². The summed E-state index contributed by atoms with van der Waals surface area (Å²) < 4.78 is 0. The van der Waals surface area contributed by atoms with Crippen molar-refractivity contribution in [3.8, 4) is 0 Å². The number of hydrogen-bond donors (Lipinski definition) is 7. The number of carboxylic acid groups (broad SMARTS) is 3. The molecule has 0 aliphatic heterocycles. The second-order valence-corrected chi connectivity index (χ2v) is 12.1. The first kappa shape index (κ1) is 41.6. The van der Waals surface area contributed by atoms with Gasteiger partial charge in [0.1, 0.15) is 0 Å². The number of nitrogens with one attached hydrogen (secondary N) is 3. The maximum Gasteiger partial charge on any atom is 0.337 e. The lowest BCUT2D eigenvalue weighted by atomic mass is 9.96. The Kier molecular flexibility index (Phi) is 15.0. The predicted molar refractivity (Wildman–Crippen MR) is 208 cm³/mol. The van der Waals surface area contributed by atoms with Gasteiger partial charge in [-0.1, -0.05) is 0 Å². The van der Waals surface area contributed by atoms with E-state index in [1.165, 1.54) is 30.3 Å². The first-order valence-electron chi connectivity index (χ1n) is 17.8. The maximum absolute atomic E-state index is 13.9. The highest BCUT2D eigenvalue weighted by molar-refractivity contribution is 6.09. The number of carboxylic acids is 3. The van der Waals surface area contributed by atoms with Crippen LogP contribution >= 0.6 is 0 Å². The van der Waals surface area contributed by atoms with Gasteiger partial charge in [-0.2, -0.15) is 0 Å². The van der Waals surface area contributed by atoms with Crippen LogP contribution in [-0.2, 0) is 4.79 Å². The Bertz CT molecular complexity index is 1800.